The summed E-state index contributed by atoms with van der Waals surface area (Å²) in [6.45, 7) is 6.74. The highest BCUT2D eigenvalue weighted by atomic mass is 16.5. The van der Waals surface area contributed by atoms with Crippen LogP contribution in [-0.4, -0.2) is 12.6 Å². The molecule has 0 aliphatic heterocycles. The molecule has 2 nitrogen and oxygen atoms in total. The average Bonchev–Trinajstić information content (AvgIpc) is 2.99. The Hall–Kier alpha value is -1.05. The van der Waals surface area contributed by atoms with Gasteiger partial charge in [-0.1, -0.05) is 17.2 Å². The van der Waals surface area contributed by atoms with E-state index in [0.29, 0.717) is 6.61 Å². The van der Waals surface area contributed by atoms with Crippen molar-refractivity contribution in [2.24, 2.45) is 5.92 Å². The van der Waals surface area contributed by atoms with Crippen LogP contribution in [0.5, 0.6) is 0 Å². The van der Waals surface area contributed by atoms with Crippen molar-refractivity contribution >= 4 is 5.97 Å². The topological polar surface area (TPSA) is 26.3 Å². The largest absolute Gasteiger partial charge is 0.461 e. The number of esters is 1. The van der Waals surface area contributed by atoms with Crippen LogP contribution < -0.4 is 0 Å². The molecule has 0 heterocycles. The maximum Gasteiger partial charge on any atom is 0.309 e. The van der Waals surface area contributed by atoms with Gasteiger partial charge >= 0.3 is 5.97 Å². The summed E-state index contributed by atoms with van der Waals surface area (Å²) in [4.78, 5) is 11.2. The molecule has 0 bridgehead atoms. The van der Waals surface area contributed by atoms with Crippen LogP contribution in [0.2, 0.25) is 0 Å². The van der Waals surface area contributed by atoms with E-state index in [0.717, 1.165) is 25.7 Å². The first kappa shape index (κ1) is 13.0. The molecule has 0 aromatic heterocycles. The molecule has 1 fully saturated rings. The van der Waals surface area contributed by atoms with Gasteiger partial charge in [0.2, 0.25) is 0 Å². The second kappa shape index (κ2) is 6.51. The molecule has 1 saturated carbocycles. The number of carbonyl (C=O) groups excluding carboxylic acids is 1. The minimum Gasteiger partial charge on any atom is -0.461 e. The third-order valence-corrected chi connectivity index (χ3v) is 2.66. The molecule has 90 valence electrons. The van der Waals surface area contributed by atoms with Gasteiger partial charge in [0, 0.05) is 0 Å². The van der Waals surface area contributed by atoms with Crippen molar-refractivity contribution in [2.45, 2.75) is 46.5 Å². The van der Waals surface area contributed by atoms with Crippen LogP contribution >= 0.6 is 0 Å². The predicted octanol–water partition coefficient (Wildman–Crippen LogP) is 3.63. The quantitative estimate of drug-likeness (QED) is 0.506. The molecule has 16 heavy (non-hydrogen) atoms. The van der Waals surface area contributed by atoms with Gasteiger partial charge in [-0.05, 0) is 52.5 Å². The molecule has 0 atom stereocenters. The number of hydrogen-bond acceptors (Lipinski definition) is 2. The number of hydrogen-bond donors (Lipinski definition) is 0. The second-order valence-corrected chi connectivity index (χ2v) is 4.77. The lowest BCUT2D eigenvalue weighted by atomic mass is 10.1. The Labute approximate surface area is 98.4 Å². The minimum atomic E-state index is -0.0200. The summed E-state index contributed by atoms with van der Waals surface area (Å²) in [6, 6.07) is 0. The summed E-state index contributed by atoms with van der Waals surface area (Å²) in [5, 5.41) is 0. The Balaban J connectivity index is 2.12. The molecular weight excluding hydrogens is 200 g/mol. The number of ether oxygens (including phenoxy) is 1. The Bertz CT molecular complexity index is 292. The second-order valence-electron chi connectivity index (χ2n) is 4.77. The van der Waals surface area contributed by atoms with Crippen LogP contribution in [-0.2, 0) is 9.53 Å². The molecule has 0 N–H and O–H groups in total. The lowest BCUT2D eigenvalue weighted by Crippen LogP contribution is -2.06. The Kier molecular flexibility index (Phi) is 5.30. The van der Waals surface area contributed by atoms with E-state index < -0.39 is 0 Å². The Morgan fingerprint density at radius 3 is 2.50 bits per heavy atom. The molecule has 2 heteroatoms. The van der Waals surface area contributed by atoms with Crippen molar-refractivity contribution < 1.29 is 9.53 Å². The highest BCUT2D eigenvalue weighted by Gasteiger charge is 2.30. The molecule has 0 unspecified atom stereocenters. The molecule has 1 rings (SSSR count). The maximum absolute atomic E-state index is 11.2. The zero-order valence-corrected chi connectivity index (χ0v) is 10.6. The van der Waals surface area contributed by atoms with Crippen LogP contribution in [0.4, 0.5) is 0 Å². The van der Waals surface area contributed by atoms with Crippen LogP contribution in [0, 0.1) is 5.92 Å². The van der Waals surface area contributed by atoms with Gasteiger partial charge in [-0.15, -0.1) is 0 Å². The smallest absolute Gasteiger partial charge is 0.309 e. The average molecular weight is 222 g/mol. The summed E-state index contributed by atoms with van der Waals surface area (Å²) < 4.78 is 5.13. The summed E-state index contributed by atoms with van der Waals surface area (Å²) in [5.74, 6) is 0.188. The van der Waals surface area contributed by atoms with E-state index in [1.54, 1.807) is 0 Å². The summed E-state index contributed by atoms with van der Waals surface area (Å²) >= 11 is 0. The van der Waals surface area contributed by atoms with E-state index in [-0.39, 0.29) is 11.9 Å². The van der Waals surface area contributed by atoms with Crippen LogP contribution in [0.1, 0.15) is 46.5 Å². The van der Waals surface area contributed by atoms with E-state index in [2.05, 4.69) is 26.8 Å². The van der Waals surface area contributed by atoms with Crippen molar-refractivity contribution in [2.75, 3.05) is 6.61 Å². The molecule has 0 aromatic carbocycles. The number of allylic oxidation sites excluding steroid dienone is 3. The van der Waals surface area contributed by atoms with Gasteiger partial charge in [0.25, 0.3) is 0 Å². The molecule has 0 radical (unpaired) electrons. The van der Waals surface area contributed by atoms with Gasteiger partial charge in [0.05, 0.1) is 5.92 Å². The van der Waals surface area contributed by atoms with Gasteiger partial charge in [-0.3, -0.25) is 4.79 Å². The molecular formula is C14H22O2. The summed E-state index contributed by atoms with van der Waals surface area (Å²) in [5.41, 5.74) is 2.65. The molecule has 1 aliphatic carbocycles. The zero-order chi connectivity index (χ0) is 12.0. The van der Waals surface area contributed by atoms with E-state index in [4.69, 9.17) is 4.74 Å². The van der Waals surface area contributed by atoms with Crippen molar-refractivity contribution in [3.05, 3.63) is 23.3 Å². The first-order valence-electron chi connectivity index (χ1n) is 6.05. The fourth-order valence-electron chi connectivity index (χ4n) is 1.39. The third kappa shape index (κ3) is 5.74. The normalized spacial score (nSPS) is 15.8. The van der Waals surface area contributed by atoms with Gasteiger partial charge in [-0.2, -0.15) is 0 Å². The van der Waals surface area contributed by atoms with Crippen molar-refractivity contribution in [1.29, 1.82) is 0 Å². The monoisotopic (exact) mass is 222 g/mol. The predicted molar refractivity (Wildman–Crippen MR) is 66.1 cm³/mol. The third-order valence-electron chi connectivity index (χ3n) is 2.66. The maximum atomic E-state index is 11.2. The number of rotatable bonds is 6. The van der Waals surface area contributed by atoms with Crippen molar-refractivity contribution in [3.63, 3.8) is 0 Å². The lowest BCUT2D eigenvalue weighted by molar-refractivity contribution is -0.143. The van der Waals surface area contributed by atoms with E-state index in [1.807, 2.05) is 6.08 Å². The summed E-state index contributed by atoms with van der Waals surface area (Å²) in [7, 11) is 0. The van der Waals surface area contributed by atoms with Crippen LogP contribution in [0.3, 0.4) is 0 Å². The van der Waals surface area contributed by atoms with E-state index >= 15 is 0 Å². The first-order chi connectivity index (χ1) is 7.59. The van der Waals surface area contributed by atoms with Gasteiger partial charge in [-0.25, -0.2) is 0 Å². The van der Waals surface area contributed by atoms with Crippen LogP contribution in [0.25, 0.3) is 0 Å². The van der Waals surface area contributed by atoms with Gasteiger partial charge in [0.1, 0.15) is 6.61 Å². The fourth-order valence-corrected chi connectivity index (χ4v) is 1.39. The van der Waals surface area contributed by atoms with Crippen LogP contribution in [0.15, 0.2) is 23.3 Å². The SMILES string of the molecule is CC(C)=CCC/C(C)=C/COC(=O)C1CC1. The molecule has 0 saturated heterocycles. The highest BCUT2D eigenvalue weighted by Crippen LogP contribution is 2.29. The van der Waals surface area contributed by atoms with Crippen molar-refractivity contribution in [1.82, 2.24) is 0 Å². The number of carbonyl (C=O) groups is 1. The highest BCUT2D eigenvalue weighted by molar-refractivity contribution is 5.74. The minimum absolute atomic E-state index is 0.0200. The zero-order valence-electron chi connectivity index (χ0n) is 10.6. The molecule has 0 spiro atoms. The van der Waals surface area contributed by atoms with Gasteiger partial charge in [0.15, 0.2) is 0 Å². The Morgan fingerprint density at radius 1 is 1.25 bits per heavy atom. The molecule has 0 aromatic rings. The van der Waals surface area contributed by atoms with E-state index in [1.165, 1.54) is 11.1 Å². The lowest BCUT2D eigenvalue weighted by Gasteiger charge is -2.02. The van der Waals surface area contributed by atoms with E-state index in [9.17, 15) is 4.79 Å². The molecule has 1 aliphatic rings. The molecule has 0 amide bonds. The van der Waals surface area contributed by atoms with Gasteiger partial charge < -0.3 is 4.74 Å². The van der Waals surface area contributed by atoms with Crippen molar-refractivity contribution in [3.8, 4) is 0 Å². The standard InChI is InChI=1S/C14H22O2/c1-11(2)5-4-6-12(3)9-10-16-14(15)13-7-8-13/h5,9,13H,4,6-8,10H2,1-3H3/b12-9+. The Morgan fingerprint density at radius 2 is 1.94 bits per heavy atom. The summed E-state index contributed by atoms with van der Waals surface area (Å²) in [6.07, 6.45) is 8.39. The first-order valence-corrected chi connectivity index (χ1v) is 6.05. The fraction of sp³-hybridized carbons (Fsp3) is 0.643.